The van der Waals surface area contributed by atoms with Crippen LogP contribution >= 0.6 is 0 Å². The van der Waals surface area contributed by atoms with Gasteiger partial charge in [-0.1, -0.05) is 94.4 Å². The molecule has 1 saturated carbocycles. The van der Waals surface area contributed by atoms with E-state index in [1.165, 1.54) is 22.3 Å². The van der Waals surface area contributed by atoms with Gasteiger partial charge in [0.15, 0.2) is 11.2 Å². The monoisotopic (exact) mass is 661 g/mol. The van der Waals surface area contributed by atoms with Gasteiger partial charge in [-0.05, 0) is 88.1 Å². The largest absolute Gasteiger partial charge is 0.497 e. The fourth-order valence-corrected chi connectivity index (χ4v) is 10.2. The first-order chi connectivity index (χ1) is 24.0. The maximum atomic E-state index is 12.6. The van der Waals surface area contributed by atoms with Crippen LogP contribution in [-0.2, 0) is 11.0 Å². The average Bonchev–Trinajstić information content (AvgIpc) is 3.59. The SMILES string of the molecule is COc1ccc(C2(c3ccc(C=O)cc3)C=Cc3c4c(c5cc6oc(=O)[nH]c6cc5c3O2)-c2ccccc2C42CC(C)(C)CC(C)(C)C2)cc1. The zero-order chi connectivity index (χ0) is 34.6. The summed E-state index contributed by atoms with van der Waals surface area (Å²) in [5, 5.41) is 1.89. The van der Waals surface area contributed by atoms with Gasteiger partial charge in [0.2, 0.25) is 0 Å². The van der Waals surface area contributed by atoms with Crippen LogP contribution < -0.4 is 15.2 Å². The Labute approximate surface area is 290 Å². The van der Waals surface area contributed by atoms with Crippen LogP contribution in [0.5, 0.6) is 11.5 Å². The Kier molecular flexibility index (Phi) is 6.34. The molecule has 6 aromatic rings. The molecule has 1 aromatic heterocycles. The van der Waals surface area contributed by atoms with Crippen molar-refractivity contribution in [3.8, 4) is 22.6 Å². The molecule has 1 spiro atoms. The molecule has 2 heterocycles. The van der Waals surface area contributed by atoms with Crippen molar-refractivity contribution in [3.05, 3.63) is 135 Å². The zero-order valence-electron chi connectivity index (χ0n) is 29.0. The van der Waals surface area contributed by atoms with Crippen LogP contribution in [0.1, 0.15) is 85.1 Å². The Morgan fingerprint density at radius 2 is 1.50 bits per heavy atom. The molecule has 9 rings (SSSR count). The Morgan fingerprint density at radius 1 is 0.820 bits per heavy atom. The number of carbonyl (C=O) groups excluding carboxylic acids is 1. The van der Waals surface area contributed by atoms with E-state index in [4.69, 9.17) is 13.9 Å². The van der Waals surface area contributed by atoms with E-state index in [-0.39, 0.29) is 16.2 Å². The molecule has 6 heteroatoms. The molecular weight excluding hydrogens is 622 g/mol. The van der Waals surface area contributed by atoms with Crippen LogP contribution in [0, 0.1) is 10.8 Å². The molecule has 5 aromatic carbocycles. The second-order valence-electron chi connectivity index (χ2n) is 16.0. The standard InChI is InChI=1S/C44H39NO5/c1-41(2)23-42(3,4)25-43(24-41)34-9-7-6-8-30(34)37-32-21-36-35(45-40(47)49-36)20-33(32)39-31(38(37)43)18-19-44(50-39,27-12-10-26(22-46)11-13-27)28-14-16-29(48-5)17-15-28/h6-22H,23-25H2,1-5H3,(H,45,47). The van der Waals surface area contributed by atoms with E-state index in [2.05, 4.69) is 69.1 Å². The van der Waals surface area contributed by atoms with E-state index in [0.29, 0.717) is 16.7 Å². The van der Waals surface area contributed by atoms with E-state index in [0.717, 1.165) is 64.5 Å². The van der Waals surface area contributed by atoms with Crippen molar-refractivity contribution in [1.29, 1.82) is 0 Å². The minimum absolute atomic E-state index is 0.0854. The van der Waals surface area contributed by atoms with Gasteiger partial charge >= 0.3 is 5.76 Å². The van der Waals surface area contributed by atoms with Crippen molar-refractivity contribution in [2.45, 2.75) is 58.0 Å². The smallest absolute Gasteiger partial charge is 0.417 e. The minimum Gasteiger partial charge on any atom is -0.497 e. The summed E-state index contributed by atoms with van der Waals surface area (Å²) in [5.41, 5.74) is 8.55. The van der Waals surface area contributed by atoms with Crippen LogP contribution in [0.3, 0.4) is 0 Å². The molecule has 1 aliphatic heterocycles. The number of methoxy groups -OCH3 is 1. The normalized spacial score (nSPS) is 20.7. The number of aromatic amines is 1. The highest BCUT2D eigenvalue weighted by Gasteiger charge is 2.55. The maximum absolute atomic E-state index is 12.6. The Hall–Kier alpha value is -5.36. The van der Waals surface area contributed by atoms with Crippen molar-refractivity contribution < 1.29 is 18.7 Å². The topological polar surface area (TPSA) is 81.5 Å². The van der Waals surface area contributed by atoms with E-state index < -0.39 is 11.4 Å². The predicted octanol–water partition coefficient (Wildman–Crippen LogP) is 9.95. The summed E-state index contributed by atoms with van der Waals surface area (Å²) in [6.07, 6.45) is 8.42. The lowest BCUT2D eigenvalue weighted by Gasteiger charge is -2.52. The summed E-state index contributed by atoms with van der Waals surface area (Å²) in [7, 11) is 1.66. The van der Waals surface area contributed by atoms with Crippen molar-refractivity contribution >= 4 is 34.2 Å². The molecule has 50 heavy (non-hydrogen) atoms. The molecule has 2 aliphatic carbocycles. The summed E-state index contributed by atoms with van der Waals surface area (Å²) in [5.74, 6) is 1.02. The van der Waals surface area contributed by atoms with E-state index >= 15 is 0 Å². The summed E-state index contributed by atoms with van der Waals surface area (Å²) in [4.78, 5) is 27.1. The highest BCUT2D eigenvalue weighted by Crippen LogP contribution is 2.67. The highest BCUT2D eigenvalue weighted by atomic mass is 16.5. The van der Waals surface area contributed by atoms with Gasteiger partial charge in [0.05, 0.1) is 12.6 Å². The first-order valence-corrected chi connectivity index (χ1v) is 17.3. The van der Waals surface area contributed by atoms with Crippen molar-refractivity contribution in [1.82, 2.24) is 4.98 Å². The quantitative estimate of drug-likeness (QED) is 0.190. The lowest BCUT2D eigenvalue weighted by atomic mass is 9.52. The molecule has 0 radical (unpaired) electrons. The fourth-order valence-electron chi connectivity index (χ4n) is 10.2. The predicted molar refractivity (Wildman–Crippen MR) is 197 cm³/mol. The molecule has 1 atom stereocenters. The van der Waals surface area contributed by atoms with Crippen LogP contribution in [-0.4, -0.2) is 18.4 Å². The van der Waals surface area contributed by atoms with Gasteiger partial charge in [0, 0.05) is 33.1 Å². The second-order valence-corrected chi connectivity index (χ2v) is 16.0. The second kappa shape index (κ2) is 10.3. The van der Waals surface area contributed by atoms with Gasteiger partial charge in [0.25, 0.3) is 0 Å². The van der Waals surface area contributed by atoms with Crippen LogP contribution in [0.4, 0.5) is 0 Å². The van der Waals surface area contributed by atoms with Crippen LogP contribution in [0.2, 0.25) is 0 Å². The Morgan fingerprint density at radius 3 is 2.18 bits per heavy atom. The molecule has 1 N–H and O–H groups in total. The van der Waals surface area contributed by atoms with Crippen LogP contribution in [0.25, 0.3) is 39.1 Å². The number of nitrogens with one attached hydrogen (secondary N) is 1. The van der Waals surface area contributed by atoms with Crippen molar-refractivity contribution in [2.24, 2.45) is 10.8 Å². The van der Waals surface area contributed by atoms with Gasteiger partial charge in [-0.25, -0.2) is 4.79 Å². The third kappa shape index (κ3) is 4.33. The lowest BCUT2D eigenvalue weighted by Crippen LogP contribution is -2.44. The third-order valence-corrected chi connectivity index (χ3v) is 11.3. The van der Waals surface area contributed by atoms with Gasteiger partial charge in [0.1, 0.15) is 17.8 Å². The van der Waals surface area contributed by atoms with Gasteiger partial charge in [-0.3, -0.25) is 9.78 Å². The van der Waals surface area contributed by atoms with E-state index in [1.54, 1.807) is 7.11 Å². The number of hydrogen-bond acceptors (Lipinski definition) is 5. The van der Waals surface area contributed by atoms with Gasteiger partial charge in [-0.15, -0.1) is 0 Å². The number of benzene rings is 5. The Balaban J connectivity index is 1.41. The number of hydrogen-bond donors (Lipinski definition) is 1. The highest BCUT2D eigenvalue weighted by molar-refractivity contribution is 6.12. The molecular formula is C44H39NO5. The molecule has 6 nitrogen and oxygen atoms in total. The third-order valence-electron chi connectivity index (χ3n) is 11.3. The summed E-state index contributed by atoms with van der Waals surface area (Å²) < 4.78 is 18.7. The maximum Gasteiger partial charge on any atom is 0.417 e. The number of aldehydes is 1. The van der Waals surface area contributed by atoms with Crippen LogP contribution in [0.15, 0.2) is 100 Å². The molecule has 1 unspecified atom stereocenters. The zero-order valence-corrected chi connectivity index (χ0v) is 29.0. The number of fused-ring (bicyclic) bond motifs is 11. The lowest BCUT2D eigenvalue weighted by molar-refractivity contribution is 0.0642. The number of oxazole rings is 1. The molecule has 0 bridgehead atoms. The summed E-state index contributed by atoms with van der Waals surface area (Å²) in [6.45, 7) is 9.63. The van der Waals surface area contributed by atoms with Gasteiger partial charge in [-0.2, -0.15) is 0 Å². The number of H-pyrrole nitrogens is 1. The number of aromatic nitrogens is 1. The number of carbonyl (C=O) groups is 1. The molecule has 0 amide bonds. The summed E-state index contributed by atoms with van der Waals surface area (Å²) in [6, 6.07) is 28.5. The van der Waals surface area contributed by atoms with Gasteiger partial charge < -0.3 is 13.9 Å². The van der Waals surface area contributed by atoms with E-state index in [1.807, 2.05) is 60.7 Å². The van der Waals surface area contributed by atoms with Crippen molar-refractivity contribution in [3.63, 3.8) is 0 Å². The Bertz CT molecular complexity index is 2440. The fraction of sp³-hybridized carbons (Fsp3) is 0.273. The number of rotatable bonds is 4. The molecule has 3 aliphatic rings. The first kappa shape index (κ1) is 30.7. The minimum atomic E-state index is -1.02. The van der Waals surface area contributed by atoms with E-state index in [9.17, 15) is 9.59 Å². The summed E-state index contributed by atoms with van der Waals surface area (Å²) >= 11 is 0. The van der Waals surface area contributed by atoms with Crippen molar-refractivity contribution in [2.75, 3.05) is 7.11 Å². The molecule has 1 fully saturated rings. The number of ether oxygens (including phenoxy) is 2. The average molecular weight is 662 g/mol. The first-order valence-electron chi connectivity index (χ1n) is 17.3. The molecule has 0 saturated heterocycles. The molecule has 250 valence electrons.